The molecule has 0 bridgehead atoms. The van der Waals surface area contributed by atoms with Gasteiger partial charge in [-0.2, -0.15) is 0 Å². The lowest BCUT2D eigenvalue weighted by Crippen LogP contribution is -2.35. The third-order valence-corrected chi connectivity index (χ3v) is 3.39. The van der Waals surface area contributed by atoms with Crippen molar-refractivity contribution in [2.45, 2.75) is 65.8 Å². The summed E-state index contributed by atoms with van der Waals surface area (Å²) in [5.74, 6) is 0.373. The van der Waals surface area contributed by atoms with Gasteiger partial charge in [0, 0.05) is 12.6 Å². The minimum atomic E-state index is -0.301. The molecule has 3 nitrogen and oxygen atoms in total. The molecule has 0 fully saturated rings. The maximum Gasteiger partial charge on any atom is 0.225 e. The molecule has 1 aromatic heterocycles. The summed E-state index contributed by atoms with van der Waals surface area (Å²) >= 11 is 0. The number of aromatic nitrogens is 2. The maximum absolute atomic E-state index is 13.5. The van der Waals surface area contributed by atoms with Crippen molar-refractivity contribution in [3.8, 4) is 0 Å². The van der Waals surface area contributed by atoms with Crippen molar-refractivity contribution in [3.63, 3.8) is 0 Å². The first-order valence-corrected chi connectivity index (χ1v) is 7.42. The first-order chi connectivity index (χ1) is 9.13. The zero-order valence-electron chi connectivity index (χ0n) is 12.6. The first-order valence-electron chi connectivity index (χ1n) is 7.42. The fraction of sp³-hybridized carbons (Fsp3) is 0.733. The van der Waals surface area contributed by atoms with Gasteiger partial charge in [-0.3, -0.25) is 0 Å². The summed E-state index contributed by atoms with van der Waals surface area (Å²) in [5, 5.41) is 0. The molecule has 0 aliphatic rings. The molecule has 108 valence electrons. The Morgan fingerprint density at radius 3 is 2.58 bits per heavy atom. The lowest BCUT2D eigenvalue weighted by Gasteiger charge is -2.29. The van der Waals surface area contributed by atoms with Crippen LogP contribution in [0.25, 0.3) is 0 Å². The molecule has 0 saturated carbocycles. The Morgan fingerprint density at radius 1 is 1.26 bits per heavy atom. The van der Waals surface area contributed by atoms with Crippen molar-refractivity contribution in [1.29, 1.82) is 0 Å². The lowest BCUT2D eigenvalue weighted by molar-refractivity contribution is 0.545. The SMILES string of the molecule is CCCCN(c1ncc(F)c(CC)n1)C(C)CCC. The van der Waals surface area contributed by atoms with Crippen molar-refractivity contribution in [1.82, 2.24) is 9.97 Å². The van der Waals surface area contributed by atoms with Crippen LogP contribution in [0.5, 0.6) is 0 Å². The fourth-order valence-corrected chi connectivity index (χ4v) is 2.20. The topological polar surface area (TPSA) is 29.0 Å². The molecule has 0 spiro atoms. The predicted octanol–water partition coefficient (Wildman–Crippen LogP) is 3.97. The van der Waals surface area contributed by atoms with E-state index in [1.54, 1.807) is 0 Å². The molecule has 1 rings (SSSR count). The van der Waals surface area contributed by atoms with E-state index < -0.39 is 0 Å². The Morgan fingerprint density at radius 2 is 2.00 bits per heavy atom. The number of rotatable bonds is 8. The van der Waals surface area contributed by atoms with Gasteiger partial charge >= 0.3 is 0 Å². The molecule has 0 aliphatic heterocycles. The number of halogens is 1. The molecule has 0 saturated heterocycles. The summed E-state index contributed by atoms with van der Waals surface area (Å²) in [7, 11) is 0. The second kappa shape index (κ2) is 8.08. The summed E-state index contributed by atoms with van der Waals surface area (Å²) in [6, 6.07) is 0.395. The number of hydrogen-bond donors (Lipinski definition) is 0. The highest BCUT2D eigenvalue weighted by molar-refractivity contribution is 5.32. The zero-order chi connectivity index (χ0) is 14.3. The Labute approximate surface area is 116 Å². The van der Waals surface area contributed by atoms with Crippen LogP contribution < -0.4 is 4.90 Å². The van der Waals surface area contributed by atoms with Crippen molar-refractivity contribution >= 4 is 5.95 Å². The first kappa shape index (κ1) is 15.9. The van der Waals surface area contributed by atoms with E-state index in [1.807, 2.05) is 6.92 Å². The molecule has 0 aliphatic carbocycles. The van der Waals surface area contributed by atoms with Gasteiger partial charge in [0.05, 0.1) is 11.9 Å². The van der Waals surface area contributed by atoms with E-state index >= 15 is 0 Å². The highest BCUT2D eigenvalue weighted by atomic mass is 19.1. The molecule has 1 heterocycles. The van der Waals surface area contributed by atoms with E-state index in [-0.39, 0.29) is 5.82 Å². The number of anilines is 1. The summed E-state index contributed by atoms with van der Waals surface area (Å²) in [6.07, 6.45) is 6.38. The van der Waals surface area contributed by atoms with Crippen LogP contribution >= 0.6 is 0 Å². The van der Waals surface area contributed by atoms with Crippen LogP contribution in [0, 0.1) is 5.82 Å². The van der Waals surface area contributed by atoms with Gasteiger partial charge < -0.3 is 4.90 Å². The largest absolute Gasteiger partial charge is 0.338 e. The maximum atomic E-state index is 13.5. The molecule has 0 aromatic carbocycles. The molecule has 4 heteroatoms. The lowest BCUT2D eigenvalue weighted by atomic mass is 10.1. The van der Waals surface area contributed by atoms with E-state index in [2.05, 4.69) is 35.6 Å². The Kier molecular flexibility index (Phi) is 6.74. The van der Waals surface area contributed by atoms with E-state index in [4.69, 9.17) is 0 Å². The number of hydrogen-bond acceptors (Lipinski definition) is 3. The van der Waals surface area contributed by atoms with Gasteiger partial charge in [0.2, 0.25) is 5.95 Å². The third-order valence-electron chi connectivity index (χ3n) is 3.39. The van der Waals surface area contributed by atoms with Crippen molar-refractivity contribution < 1.29 is 4.39 Å². The highest BCUT2D eigenvalue weighted by Crippen LogP contribution is 2.17. The highest BCUT2D eigenvalue weighted by Gasteiger charge is 2.17. The van der Waals surface area contributed by atoms with E-state index in [9.17, 15) is 4.39 Å². The summed E-state index contributed by atoms with van der Waals surface area (Å²) < 4.78 is 13.5. The molecular formula is C15H26FN3. The quantitative estimate of drug-likeness (QED) is 0.713. The average Bonchev–Trinajstić information content (AvgIpc) is 2.41. The van der Waals surface area contributed by atoms with Crippen LogP contribution in [0.15, 0.2) is 6.20 Å². The smallest absolute Gasteiger partial charge is 0.225 e. The minimum Gasteiger partial charge on any atom is -0.338 e. The number of nitrogens with zero attached hydrogens (tertiary/aromatic N) is 3. The zero-order valence-corrected chi connectivity index (χ0v) is 12.6. The molecule has 0 amide bonds. The summed E-state index contributed by atoms with van der Waals surface area (Å²) in [5.41, 5.74) is 0.509. The van der Waals surface area contributed by atoms with Crippen LogP contribution in [-0.2, 0) is 6.42 Å². The van der Waals surface area contributed by atoms with Gasteiger partial charge in [0.25, 0.3) is 0 Å². The van der Waals surface area contributed by atoms with Gasteiger partial charge in [0.1, 0.15) is 0 Å². The molecule has 0 N–H and O–H groups in total. The number of unbranched alkanes of at least 4 members (excludes halogenated alkanes) is 1. The average molecular weight is 267 g/mol. The van der Waals surface area contributed by atoms with Crippen molar-refractivity contribution in [2.75, 3.05) is 11.4 Å². The van der Waals surface area contributed by atoms with Gasteiger partial charge in [0.15, 0.2) is 5.82 Å². The van der Waals surface area contributed by atoms with Crippen LogP contribution in [0.2, 0.25) is 0 Å². The Balaban J connectivity index is 2.95. The van der Waals surface area contributed by atoms with Gasteiger partial charge in [-0.05, 0) is 26.2 Å². The van der Waals surface area contributed by atoms with Crippen LogP contribution in [-0.4, -0.2) is 22.6 Å². The van der Waals surface area contributed by atoms with Crippen molar-refractivity contribution in [3.05, 3.63) is 17.7 Å². The normalized spacial score (nSPS) is 12.5. The second-order valence-corrected chi connectivity index (χ2v) is 5.00. The molecular weight excluding hydrogens is 241 g/mol. The van der Waals surface area contributed by atoms with Crippen LogP contribution in [0.3, 0.4) is 0 Å². The second-order valence-electron chi connectivity index (χ2n) is 5.00. The van der Waals surface area contributed by atoms with Crippen LogP contribution in [0.4, 0.5) is 10.3 Å². The summed E-state index contributed by atoms with van der Waals surface area (Å²) in [4.78, 5) is 10.8. The Bertz CT molecular complexity index is 382. The third kappa shape index (κ3) is 4.44. The molecule has 1 unspecified atom stereocenters. The van der Waals surface area contributed by atoms with Gasteiger partial charge in [-0.1, -0.05) is 33.6 Å². The molecule has 0 radical (unpaired) electrons. The predicted molar refractivity (Wildman–Crippen MR) is 78.0 cm³/mol. The fourth-order valence-electron chi connectivity index (χ4n) is 2.20. The monoisotopic (exact) mass is 267 g/mol. The number of aryl methyl sites for hydroxylation is 1. The van der Waals surface area contributed by atoms with E-state index in [0.717, 1.165) is 32.2 Å². The minimum absolute atomic E-state index is 0.301. The van der Waals surface area contributed by atoms with E-state index in [1.165, 1.54) is 6.20 Å². The van der Waals surface area contributed by atoms with Gasteiger partial charge in [-0.15, -0.1) is 0 Å². The Hall–Kier alpha value is -1.19. The molecule has 1 aromatic rings. The molecule has 19 heavy (non-hydrogen) atoms. The van der Waals surface area contributed by atoms with E-state index in [0.29, 0.717) is 24.1 Å². The van der Waals surface area contributed by atoms with Gasteiger partial charge in [-0.25, -0.2) is 14.4 Å². The van der Waals surface area contributed by atoms with Crippen molar-refractivity contribution in [2.24, 2.45) is 0 Å². The summed E-state index contributed by atoms with van der Waals surface area (Å²) in [6.45, 7) is 9.40. The molecule has 1 atom stereocenters. The van der Waals surface area contributed by atoms with Crippen LogP contribution in [0.1, 0.15) is 59.1 Å². The standard InChI is InChI=1S/C15H26FN3/c1-5-8-10-19(12(4)9-6-2)15-17-11-13(16)14(7-3)18-15/h11-12H,5-10H2,1-4H3.